The van der Waals surface area contributed by atoms with Crippen molar-refractivity contribution in [2.24, 2.45) is 0 Å². The maximum Gasteiger partial charge on any atom is 0.314 e. The molecule has 0 radical (unpaired) electrons. The third-order valence-corrected chi connectivity index (χ3v) is 3.37. The van der Waals surface area contributed by atoms with Gasteiger partial charge in [0.05, 0.1) is 13.2 Å². The lowest BCUT2D eigenvalue weighted by Gasteiger charge is -2.25. The summed E-state index contributed by atoms with van der Waals surface area (Å²) in [5, 5.41) is 5.79. The number of hydrogen-bond donors (Lipinski definition) is 2. The van der Waals surface area contributed by atoms with Crippen molar-refractivity contribution in [3.63, 3.8) is 0 Å². The van der Waals surface area contributed by atoms with Gasteiger partial charge in [-0.05, 0) is 38.2 Å². The Bertz CT molecular complexity index is 435. The van der Waals surface area contributed by atoms with E-state index in [1.807, 2.05) is 38.4 Å². The summed E-state index contributed by atoms with van der Waals surface area (Å²) in [7, 11) is 5.66. The number of carbonyl (C=O) groups is 1. The van der Waals surface area contributed by atoms with Crippen LogP contribution in [0.1, 0.15) is 31.4 Å². The van der Waals surface area contributed by atoms with Crippen molar-refractivity contribution in [2.45, 2.75) is 25.8 Å². The number of urea groups is 1. The fourth-order valence-electron chi connectivity index (χ4n) is 2.08. The molecular formula is C16H27N3O2. The first-order valence-electron chi connectivity index (χ1n) is 7.40. The van der Waals surface area contributed by atoms with Gasteiger partial charge in [-0.25, -0.2) is 4.79 Å². The zero-order chi connectivity index (χ0) is 15.7. The molecule has 5 nitrogen and oxygen atoms in total. The topological polar surface area (TPSA) is 53.6 Å². The molecule has 0 unspecified atom stereocenters. The molecule has 2 N–H and O–H groups in total. The molecule has 0 aliphatic rings. The number of hydrogen-bond acceptors (Lipinski definition) is 3. The van der Waals surface area contributed by atoms with E-state index in [4.69, 9.17) is 4.74 Å². The number of amides is 2. The van der Waals surface area contributed by atoms with E-state index in [1.54, 1.807) is 7.11 Å². The molecule has 21 heavy (non-hydrogen) atoms. The van der Waals surface area contributed by atoms with E-state index in [-0.39, 0.29) is 12.1 Å². The van der Waals surface area contributed by atoms with Crippen molar-refractivity contribution < 1.29 is 9.53 Å². The summed E-state index contributed by atoms with van der Waals surface area (Å²) in [6, 6.07) is 7.92. The van der Waals surface area contributed by atoms with Crippen molar-refractivity contribution in [1.82, 2.24) is 15.5 Å². The normalized spacial score (nSPS) is 12.0. The highest BCUT2D eigenvalue weighted by molar-refractivity contribution is 5.73. The molecule has 0 bridgehead atoms. The molecule has 5 heteroatoms. The second kappa shape index (κ2) is 9.23. The molecule has 1 rings (SSSR count). The minimum absolute atomic E-state index is 0.108. The van der Waals surface area contributed by atoms with Gasteiger partial charge >= 0.3 is 6.03 Å². The summed E-state index contributed by atoms with van der Waals surface area (Å²) in [5.41, 5.74) is 1.12. The zero-order valence-corrected chi connectivity index (χ0v) is 13.5. The first kappa shape index (κ1) is 17.3. The van der Waals surface area contributed by atoms with Crippen LogP contribution in [0.5, 0.6) is 5.75 Å². The Morgan fingerprint density at radius 1 is 1.33 bits per heavy atom. The second-order valence-corrected chi connectivity index (χ2v) is 5.25. The molecule has 0 aromatic heterocycles. The average Bonchev–Trinajstić information content (AvgIpc) is 2.47. The lowest BCUT2D eigenvalue weighted by atomic mass is 10.1. The summed E-state index contributed by atoms with van der Waals surface area (Å²) in [5.74, 6) is 0.826. The van der Waals surface area contributed by atoms with E-state index >= 15 is 0 Å². The SMILES string of the molecule is CCCCNC(=O)NC[C@H](c1cccc(OC)c1)N(C)C. The van der Waals surface area contributed by atoms with Gasteiger partial charge in [0.25, 0.3) is 0 Å². The quantitative estimate of drug-likeness (QED) is 0.724. The van der Waals surface area contributed by atoms with Crippen molar-refractivity contribution in [3.8, 4) is 5.75 Å². The number of methoxy groups -OCH3 is 1. The summed E-state index contributed by atoms with van der Waals surface area (Å²) in [6.07, 6.45) is 2.07. The maximum atomic E-state index is 11.7. The predicted molar refractivity (Wildman–Crippen MR) is 85.7 cm³/mol. The minimum atomic E-state index is -0.113. The zero-order valence-electron chi connectivity index (χ0n) is 13.5. The molecule has 118 valence electrons. The molecule has 0 aliphatic heterocycles. The Morgan fingerprint density at radius 3 is 2.71 bits per heavy atom. The van der Waals surface area contributed by atoms with Crippen molar-refractivity contribution in [2.75, 3.05) is 34.3 Å². The maximum absolute atomic E-state index is 11.7. The van der Waals surface area contributed by atoms with Gasteiger partial charge in [0, 0.05) is 13.1 Å². The third-order valence-electron chi connectivity index (χ3n) is 3.37. The number of nitrogens with zero attached hydrogens (tertiary/aromatic N) is 1. The number of carbonyl (C=O) groups excluding carboxylic acids is 1. The summed E-state index contributed by atoms with van der Waals surface area (Å²) in [6.45, 7) is 3.37. The molecule has 1 aromatic carbocycles. The average molecular weight is 293 g/mol. The Morgan fingerprint density at radius 2 is 2.10 bits per heavy atom. The van der Waals surface area contributed by atoms with Crippen molar-refractivity contribution >= 4 is 6.03 Å². The smallest absolute Gasteiger partial charge is 0.314 e. The Labute approximate surface area is 127 Å². The van der Waals surface area contributed by atoms with Crippen LogP contribution >= 0.6 is 0 Å². The standard InChI is InChI=1S/C16H27N3O2/c1-5-6-10-17-16(20)18-12-15(19(2)3)13-8-7-9-14(11-13)21-4/h7-9,11,15H,5-6,10,12H2,1-4H3,(H2,17,18,20)/t15-/m1/s1. The third kappa shape index (κ3) is 6.04. The van der Waals surface area contributed by atoms with Gasteiger partial charge < -0.3 is 20.3 Å². The van der Waals surface area contributed by atoms with Crippen LogP contribution in [-0.2, 0) is 0 Å². The van der Waals surface area contributed by atoms with E-state index < -0.39 is 0 Å². The summed E-state index contributed by atoms with van der Waals surface area (Å²) in [4.78, 5) is 13.8. The number of unbranched alkanes of at least 4 members (excludes halogenated alkanes) is 1. The molecule has 1 atom stereocenters. The van der Waals surface area contributed by atoms with Gasteiger partial charge in [0.15, 0.2) is 0 Å². The first-order chi connectivity index (χ1) is 10.1. The van der Waals surface area contributed by atoms with Gasteiger partial charge in [0.1, 0.15) is 5.75 Å². The highest BCUT2D eigenvalue weighted by Gasteiger charge is 2.15. The van der Waals surface area contributed by atoms with Gasteiger partial charge in [-0.3, -0.25) is 0 Å². The van der Waals surface area contributed by atoms with Crippen LogP contribution in [0.15, 0.2) is 24.3 Å². The molecular weight excluding hydrogens is 266 g/mol. The van der Waals surface area contributed by atoms with E-state index in [1.165, 1.54) is 0 Å². The summed E-state index contributed by atoms with van der Waals surface area (Å²) < 4.78 is 5.26. The number of nitrogens with one attached hydrogen (secondary N) is 2. The Kier molecular flexibility index (Phi) is 7.61. The van der Waals surface area contributed by atoms with Crippen LogP contribution < -0.4 is 15.4 Å². The molecule has 0 fully saturated rings. The molecule has 0 saturated carbocycles. The lowest BCUT2D eigenvalue weighted by molar-refractivity contribution is 0.232. The Balaban J connectivity index is 2.59. The second-order valence-electron chi connectivity index (χ2n) is 5.25. The highest BCUT2D eigenvalue weighted by Crippen LogP contribution is 2.21. The molecule has 0 saturated heterocycles. The molecule has 1 aromatic rings. The number of rotatable bonds is 8. The highest BCUT2D eigenvalue weighted by atomic mass is 16.5. The monoisotopic (exact) mass is 293 g/mol. The van der Waals surface area contributed by atoms with Crippen LogP contribution in [0.2, 0.25) is 0 Å². The van der Waals surface area contributed by atoms with Crippen LogP contribution in [0.25, 0.3) is 0 Å². The molecule has 0 spiro atoms. The Hall–Kier alpha value is -1.75. The van der Waals surface area contributed by atoms with Crippen LogP contribution in [0.4, 0.5) is 4.79 Å². The predicted octanol–water partition coefficient (Wildman–Crippen LogP) is 2.40. The first-order valence-corrected chi connectivity index (χ1v) is 7.40. The number of benzene rings is 1. The number of ether oxygens (including phenoxy) is 1. The molecule has 0 aliphatic carbocycles. The minimum Gasteiger partial charge on any atom is -0.497 e. The van der Waals surface area contributed by atoms with Gasteiger partial charge in [0.2, 0.25) is 0 Å². The summed E-state index contributed by atoms with van der Waals surface area (Å²) >= 11 is 0. The van der Waals surface area contributed by atoms with Gasteiger partial charge in [-0.2, -0.15) is 0 Å². The number of likely N-dealkylation sites (N-methyl/N-ethyl adjacent to an activating group) is 1. The van der Waals surface area contributed by atoms with E-state index in [0.29, 0.717) is 13.1 Å². The molecule has 2 amide bonds. The van der Waals surface area contributed by atoms with Crippen molar-refractivity contribution in [1.29, 1.82) is 0 Å². The van der Waals surface area contributed by atoms with Crippen LogP contribution in [0, 0.1) is 0 Å². The van der Waals surface area contributed by atoms with Crippen molar-refractivity contribution in [3.05, 3.63) is 29.8 Å². The van der Waals surface area contributed by atoms with E-state index in [2.05, 4.69) is 22.5 Å². The van der Waals surface area contributed by atoms with E-state index in [0.717, 1.165) is 24.2 Å². The fourth-order valence-corrected chi connectivity index (χ4v) is 2.08. The van der Waals surface area contributed by atoms with Gasteiger partial charge in [-0.15, -0.1) is 0 Å². The molecule has 0 heterocycles. The lowest BCUT2D eigenvalue weighted by Crippen LogP contribution is -2.40. The largest absolute Gasteiger partial charge is 0.497 e. The fraction of sp³-hybridized carbons (Fsp3) is 0.562. The van der Waals surface area contributed by atoms with E-state index in [9.17, 15) is 4.79 Å². The van der Waals surface area contributed by atoms with Crippen LogP contribution in [0.3, 0.4) is 0 Å². The van der Waals surface area contributed by atoms with Gasteiger partial charge in [-0.1, -0.05) is 25.5 Å². The van der Waals surface area contributed by atoms with Crippen LogP contribution in [-0.4, -0.2) is 45.2 Å².